The van der Waals surface area contributed by atoms with Crippen LogP contribution in [0.4, 0.5) is 0 Å². The SMILES string of the molecule is Oc1ccc(Br)cc1[C@@H]1CC(c2ccc(Br)cc2)=N[C@@H](c2ccc(Cl)cc2)N1. The van der Waals surface area contributed by atoms with E-state index in [4.69, 9.17) is 16.6 Å². The molecule has 3 aromatic rings. The van der Waals surface area contributed by atoms with Gasteiger partial charge in [-0.15, -0.1) is 0 Å². The molecule has 0 bridgehead atoms. The Hall–Kier alpha value is -1.66. The number of hydrogen-bond acceptors (Lipinski definition) is 3. The summed E-state index contributed by atoms with van der Waals surface area (Å²) in [4.78, 5) is 4.96. The average Bonchev–Trinajstić information content (AvgIpc) is 2.70. The lowest BCUT2D eigenvalue weighted by molar-refractivity contribution is 0.412. The summed E-state index contributed by atoms with van der Waals surface area (Å²) in [6.07, 6.45) is 0.448. The highest BCUT2D eigenvalue weighted by molar-refractivity contribution is 9.10. The largest absolute Gasteiger partial charge is 0.508 e. The van der Waals surface area contributed by atoms with E-state index in [2.05, 4.69) is 49.3 Å². The monoisotopic (exact) mass is 518 g/mol. The first-order valence-electron chi connectivity index (χ1n) is 8.82. The number of phenolic OH excluding ortho intramolecular Hbond substituents is 1. The van der Waals surface area contributed by atoms with Crippen LogP contribution in [0, 0.1) is 0 Å². The van der Waals surface area contributed by atoms with Gasteiger partial charge < -0.3 is 5.11 Å². The van der Waals surface area contributed by atoms with Crippen molar-refractivity contribution in [2.45, 2.75) is 18.6 Å². The van der Waals surface area contributed by atoms with E-state index in [1.165, 1.54) is 0 Å². The van der Waals surface area contributed by atoms with Crippen molar-refractivity contribution < 1.29 is 5.11 Å². The molecule has 0 fully saturated rings. The van der Waals surface area contributed by atoms with E-state index in [0.717, 1.165) is 31.3 Å². The summed E-state index contributed by atoms with van der Waals surface area (Å²) in [7, 11) is 0. The zero-order valence-electron chi connectivity index (χ0n) is 14.7. The Morgan fingerprint density at radius 1 is 0.929 bits per heavy atom. The minimum atomic E-state index is -0.229. The van der Waals surface area contributed by atoms with Crippen molar-refractivity contribution in [1.82, 2.24) is 5.32 Å². The van der Waals surface area contributed by atoms with Crippen LogP contribution in [0.2, 0.25) is 5.02 Å². The maximum atomic E-state index is 10.4. The van der Waals surface area contributed by atoms with Crippen molar-refractivity contribution in [2.24, 2.45) is 4.99 Å². The number of nitrogens with zero attached hydrogens (tertiary/aromatic N) is 1. The first-order chi connectivity index (χ1) is 13.5. The van der Waals surface area contributed by atoms with Crippen LogP contribution in [0.3, 0.4) is 0 Å². The first-order valence-corrected chi connectivity index (χ1v) is 10.8. The summed E-state index contributed by atoms with van der Waals surface area (Å²) in [6.45, 7) is 0. The van der Waals surface area contributed by atoms with Gasteiger partial charge >= 0.3 is 0 Å². The second kappa shape index (κ2) is 8.37. The van der Waals surface area contributed by atoms with Crippen LogP contribution >= 0.6 is 43.5 Å². The summed E-state index contributed by atoms with van der Waals surface area (Å²) in [5.74, 6) is 0.271. The second-order valence-corrected chi connectivity index (χ2v) is 8.93. The third-order valence-corrected chi connectivity index (χ3v) is 6.04. The molecule has 6 heteroatoms. The normalized spacial score (nSPS) is 19.3. The van der Waals surface area contributed by atoms with E-state index in [1.54, 1.807) is 6.07 Å². The molecule has 0 aromatic heterocycles. The van der Waals surface area contributed by atoms with Gasteiger partial charge in [-0.1, -0.05) is 67.7 Å². The van der Waals surface area contributed by atoms with Gasteiger partial charge in [-0.25, -0.2) is 0 Å². The molecule has 0 unspecified atom stereocenters. The van der Waals surface area contributed by atoms with Crippen LogP contribution in [-0.4, -0.2) is 10.8 Å². The quantitative estimate of drug-likeness (QED) is 0.399. The van der Waals surface area contributed by atoms with Crippen molar-refractivity contribution in [2.75, 3.05) is 0 Å². The summed E-state index contributed by atoms with van der Waals surface area (Å²) >= 11 is 13.1. The predicted molar refractivity (Wildman–Crippen MR) is 121 cm³/mol. The lowest BCUT2D eigenvalue weighted by atomic mass is 9.93. The Kier molecular flexibility index (Phi) is 5.88. The van der Waals surface area contributed by atoms with E-state index in [-0.39, 0.29) is 18.0 Å². The molecule has 3 nitrogen and oxygen atoms in total. The Bertz CT molecular complexity index is 1020. The third kappa shape index (κ3) is 4.33. The molecular formula is C22H17Br2ClN2O. The van der Waals surface area contributed by atoms with E-state index in [1.807, 2.05) is 48.5 Å². The fourth-order valence-electron chi connectivity index (χ4n) is 3.34. The number of rotatable bonds is 3. The second-order valence-electron chi connectivity index (χ2n) is 6.66. The number of phenols is 1. The molecule has 2 N–H and O–H groups in total. The minimum absolute atomic E-state index is 0.0747. The van der Waals surface area contributed by atoms with E-state index in [9.17, 15) is 5.11 Å². The molecule has 142 valence electrons. The van der Waals surface area contributed by atoms with Crippen molar-refractivity contribution in [3.63, 3.8) is 0 Å². The average molecular weight is 521 g/mol. The van der Waals surface area contributed by atoms with Gasteiger partial charge in [-0.05, 0) is 53.6 Å². The van der Waals surface area contributed by atoms with Gasteiger partial charge in [0.15, 0.2) is 0 Å². The maximum absolute atomic E-state index is 10.4. The van der Waals surface area contributed by atoms with Gasteiger partial charge in [0.1, 0.15) is 11.9 Å². The van der Waals surface area contributed by atoms with E-state index in [0.29, 0.717) is 11.4 Å². The van der Waals surface area contributed by atoms with E-state index >= 15 is 0 Å². The first kappa shape index (κ1) is 19.6. The Balaban J connectivity index is 1.76. The van der Waals surface area contributed by atoms with Gasteiger partial charge in [0.25, 0.3) is 0 Å². The molecule has 0 aliphatic carbocycles. The van der Waals surface area contributed by atoms with Crippen molar-refractivity contribution in [1.29, 1.82) is 0 Å². The van der Waals surface area contributed by atoms with Crippen LogP contribution in [0.5, 0.6) is 5.75 Å². The van der Waals surface area contributed by atoms with Crippen LogP contribution < -0.4 is 5.32 Å². The van der Waals surface area contributed by atoms with Gasteiger partial charge in [-0.3, -0.25) is 10.3 Å². The minimum Gasteiger partial charge on any atom is -0.508 e. The molecular weight excluding hydrogens is 504 g/mol. The van der Waals surface area contributed by atoms with Crippen LogP contribution in [0.1, 0.15) is 35.3 Å². The molecule has 28 heavy (non-hydrogen) atoms. The molecule has 0 spiro atoms. The molecule has 1 heterocycles. The molecule has 4 rings (SSSR count). The van der Waals surface area contributed by atoms with Gasteiger partial charge in [0.2, 0.25) is 0 Å². The zero-order valence-corrected chi connectivity index (χ0v) is 18.7. The van der Waals surface area contributed by atoms with Crippen LogP contribution in [-0.2, 0) is 0 Å². The summed E-state index contributed by atoms with van der Waals surface area (Å²) < 4.78 is 1.96. The number of aliphatic imine (C=N–C) groups is 1. The summed E-state index contributed by atoms with van der Waals surface area (Å²) in [6, 6.07) is 21.3. The van der Waals surface area contributed by atoms with E-state index < -0.39 is 0 Å². The maximum Gasteiger partial charge on any atom is 0.126 e. The third-order valence-electron chi connectivity index (χ3n) is 4.77. The molecule has 0 saturated carbocycles. The summed E-state index contributed by atoms with van der Waals surface area (Å²) in [5.41, 5.74) is 3.94. The van der Waals surface area contributed by atoms with Crippen molar-refractivity contribution in [3.8, 4) is 5.75 Å². The van der Waals surface area contributed by atoms with Crippen molar-refractivity contribution in [3.05, 3.63) is 97.4 Å². The Morgan fingerprint density at radius 2 is 1.61 bits per heavy atom. The molecule has 1 aliphatic rings. The topological polar surface area (TPSA) is 44.6 Å². The molecule has 0 radical (unpaired) electrons. The Morgan fingerprint density at radius 3 is 2.32 bits per heavy atom. The zero-order chi connectivity index (χ0) is 19.7. The van der Waals surface area contributed by atoms with Gasteiger partial charge in [0.05, 0.1) is 0 Å². The number of aromatic hydroxyl groups is 1. The molecule has 2 atom stereocenters. The molecule has 0 amide bonds. The summed E-state index contributed by atoms with van der Waals surface area (Å²) in [5, 5.41) is 14.7. The van der Waals surface area contributed by atoms with Gasteiger partial charge in [0, 0.05) is 37.7 Å². The smallest absolute Gasteiger partial charge is 0.126 e. The molecule has 3 aromatic carbocycles. The Labute approximate surface area is 185 Å². The molecule has 1 aliphatic heterocycles. The lowest BCUT2D eigenvalue weighted by Crippen LogP contribution is -2.33. The fourth-order valence-corrected chi connectivity index (χ4v) is 4.11. The van der Waals surface area contributed by atoms with Crippen molar-refractivity contribution >= 4 is 49.2 Å². The highest BCUT2D eigenvalue weighted by Gasteiger charge is 2.27. The predicted octanol–water partition coefficient (Wildman–Crippen LogP) is 6.79. The highest BCUT2D eigenvalue weighted by atomic mass is 79.9. The number of benzene rings is 3. The molecule has 0 saturated heterocycles. The number of halogens is 3. The standard InChI is InChI=1S/C22H17Br2ClN2O/c23-15-5-1-13(2-6-15)19-12-20(18-11-16(24)7-10-21(18)28)27-22(26-19)14-3-8-17(25)9-4-14/h1-11,20,22,27-28H,12H2/t20-,22+/m0/s1. The fraction of sp³-hybridized carbons (Fsp3) is 0.136. The number of hydrogen-bond donors (Lipinski definition) is 2. The van der Waals surface area contributed by atoms with Crippen LogP contribution in [0.25, 0.3) is 0 Å². The van der Waals surface area contributed by atoms with Crippen LogP contribution in [0.15, 0.2) is 80.7 Å². The highest BCUT2D eigenvalue weighted by Crippen LogP contribution is 2.36. The lowest BCUT2D eigenvalue weighted by Gasteiger charge is -2.31. The van der Waals surface area contributed by atoms with Gasteiger partial charge in [-0.2, -0.15) is 0 Å². The number of nitrogens with one attached hydrogen (secondary N) is 1.